The molecule has 0 aliphatic carbocycles. The quantitative estimate of drug-likeness (QED) is 0.713. The van der Waals surface area contributed by atoms with Crippen LogP contribution < -0.4 is 0 Å². The maximum Gasteiger partial charge on any atom is 0.172 e. The number of aryl methyl sites for hydroxylation is 1. The largest absolute Gasteiger partial charge is 0.296 e. The number of carbonyl (C=O) groups is 1. The van der Waals surface area contributed by atoms with E-state index in [0.29, 0.717) is 17.7 Å². The Kier molecular flexibility index (Phi) is 2.06. The highest BCUT2D eigenvalue weighted by molar-refractivity contribution is 5.83. The van der Waals surface area contributed by atoms with Gasteiger partial charge in [-0.3, -0.25) is 9.78 Å². The summed E-state index contributed by atoms with van der Waals surface area (Å²) in [6, 6.07) is 1.86. The Hall–Kier alpha value is -2.04. The van der Waals surface area contributed by atoms with Crippen molar-refractivity contribution < 1.29 is 4.79 Å². The van der Waals surface area contributed by atoms with Gasteiger partial charge in [0.05, 0.1) is 0 Å². The number of H-pyrrole nitrogens is 1. The normalized spacial score (nSPS) is 10.1. The van der Waals surface area contributed by atoms with Gasteiger partial charge in [-0.2, -0.15) is 15.4 Å². The molecule has 5 nitrogen and oxygen atoms in total. The molecule has 2 heterocycles. The van der Waals surface area contributed by atoms with Gasteiger partial charge in [-0.1, -0.05) is 0 Å². The Bertz CT molecular complexity index is 463. The minimum absolute atomic E-state index is 0.307. The first kappa shape index (κ1) is 8.55. The lowest BCUT2D eigenvalue weighted by Crippen LogP contribution is -1.89. The van der Waals surface area contributed by atoms with Gasteiger partial charge in [0.25, 0.3) is 0 Å². The van der Waals surface area contributed by atoms with E-state index < -0.39 is 0 Å². The van der Waals surface area contributed by atoms with Crippen molar-refractivity contribution in [1.82, 2.24) is 20.4 Å². The lowest BCUT2D eigenvalue weighted by molar-refractivity contribution is 0.111. The molecule has 2 aromatic rings. The number of aromatic amines is 1. The molecule has 0 aliphatic rings. The zero-order chi connectivity index (χ0) is 9.97. The number of aromatic nitrogens is 4. The Morgan fingerprint density at radius 2 is 2.29 bits per heavy atom. The highest BCUT2D eigenvalue weighted by atomic mass is 16.1. The molecule has 2 aromatic heterocycles. The zero-order valence-electron chi connectivity index (χ0n) is 7.56. The average molecular weight is 188 g/mol. The monoisotopic (exact) mass is 188 g/mol. The van der Waals surface area contributed by atoms with E-state index in [9.17, 15) is 4.79 Å². The molecule has 0 radical (unpaired) electrons. The summed E-state index contributed by atoms with van der Waals surface area (Å²) in [5, 5.41) is 10.0. The number of hydrogen-bond donors (Lipinski definition) is 1. The van der Waals surface area contributed by atoms with E-state index in [2.05, 4.69) is 20.4 Å². The molecular formula is C9H8N4O. The summed E-state index contributed by atoms with van der Waals surface area (Å²) < 4.78 is 0. The summed E-state index contributed by atoms with van der Waals surface area (Å²) in [5.74, 6) is 0. The minimum Gasteiger partial charge on any atom is -0.296 e. The van der Waals surface area contributed by atoms with Crippen molar-refractivity contribution >= 4 is 6.29 Å². The number of pyridine rings is 1. The highest BCUT2D eigenvalue weighted by Gasteiger charge is 2.11. The van der Waals surface area contributed by atoms with Gasteiger partial charge >= 0.3 is 0 Å². The second-order valence-electron chi connectivity index (χ2n) is 2.87. The van der Waals surface area contributed by atoms with Crippen molar-refractivity contribution in [3.63, 3.8) is 0 Å². The predicted octanol–water partition coefficient (Wildman–Crippen LogP) is 0.988. The molecular weight excluding hydrogens is 180 g/mol. The van der Waals surface area contributed by atoms with E-state index in [1.54, 1.807) is 12.4 Å². The zero-order valence-corrected chi connectivity index (χ0v) is 7.56. The number of nitrogens with zero attached hydrogens (tertiary/aromatic N) is 3. The first-order chi connectivity index (χ1) is 6.83. The Morgan fingerprint density at radius 3 is 3.00 bits per heavy atom. The van der Waals surface area contributed by atoms with Gasteiger partial charge in [-0.25, -0.2) is 0 Å². The summed E-state index contributed by atoms with van der Waals surface area (Å²) in [5.41, 5.74) is 2.69. The molecule has 0 bridgehead atoms. The molecule has 0 amide bonds. The van der Waals surface area contributed by atoms with Crippen LogP contribution in [-0.4, -0.2) is 26.7 Å². The van der Waals surface area contributed by atoms with Crippen LogP contribution >= 0.6 is 0 Å². The molecule has 1 N–H and O–H groups in total. The Morgan fingerprint density at radius 1 is 1.43 bits per heavy atom. The van der Waals surface area contributed by atoms with E-state index in [0.717, 1.165) is 11.1 Å². The van der Waals surface area contributed by atoms with E-state index in [1.165, 1.54) is 0 Å². The van der Waals surface area contributed by atoms with Gasteiger partial charge in [0.1, 0.15) is 5.69 Å². The first-order valence-electron chi connectivity index (χ1n) is 4.10. The van der Waals surface area contributed by atoms with Gasteiger partial charge in [0.15, 0.2) is 12.0 Å². The summed E-state index contributed by atoms with van der Waals surface area (Å²) in [7, 11) is 0. The van der Waals surface area contributed by atoms with Crippen LogP contribution in [-0.2, 0) is 0 Å². The molecule has 2 rings (SSSR count). The van der Waals surface area contributed by atoms with E-state index in [4.69, 9.17) is 0 Å². The van der Waals surface area contributed by atoms with Crippen LogP contribution in [0.1, 0.15) is 16.1 Å². The summed E-state index contributed by atoms with van der Waals surface area (Å²) in [4.78, 5) is 14.6. The molecule has 5 heteroatoms. The van der Waals surface area contributed by atoms with Crippen LogP contribution in [0.4, 0.5) is 0 Å². The van der Waals surface area contributed by atoms with Crippen LogP contribution in [0.2, 0.25) is 0 Å². The van der Waals surface area contributed by atoms with Crippen molar-refractivity contribution in [2.45, 2.75) is 6.92 Å². The van der Waals surface area contributed by atoms with Crippen molar-refractivity contribution in [2.75, 3.05) is 0 Å². The van der Waals surface area contributed by atoms with Crippen LogP contribution in [0.5, 0.6) is 0 Å². The number of carbonyl (C=O) groups excluding carboxylic acids is 1. The van der Waals surface area contributed by atoms with E-state index in [1.807, 2.05) is 13.0 Å². The number of rotatable bonds is 2. The summed E-state index contributed by atoms with van der Waals surface area (Å²) >= 11 is 0. The molecule has 0 spiro atoms. The molecule has 0 unspecified atom stereocenters. The topological polar surface area (TPSA) is 71.5 Å². The molecule has 0 aromatic carbocycles. The van der Waals surface area contributed by atoms with Crippen LogP contribution in [0.15, 0.2) is 18.5 Å². The molecule has 70 valence electrons. The third-order valence-corrected chi connectivity index (χ3v) is 1.98. The van der Waals surface area contributed by atoms with Gasteiger partial charge in [-0.05, 0) is 18.6 Å². The lowest BCUT2D eigenvalue weighted by Gasteiger charge is -1.99. The van der Waals surface area contributed by atoms with E-state index in [-0.39, 0.29) is 0 Å². The second kappa shape index (κ2) is 3.37. The summed E-state index contributed by atoms with van der Waals surface area (Å²) in [6.45, 7) is 1.93. The summed E-state index contributed by atoms with van der Waals surface area (Å²) in [6.07, 6.45) is 4.03. The van der Waals surface area contributed by atoms with Gasteiger partial charge in [0.2, 0.25) is 0 Å². The van der Waals surface area contributed by atoms with Gasteiger partial charge in [-0.15, -0.1) is 0 Å². The van der Waals surface area contributed by atoms with Crippen molar-refractivity contribution in [2.24, 2.45) is 0 Å². The maximum absolute atomic E-state index is 10.6. The molecule has 14 heavy (non-hydrogen) atoms. The fourth-order valence-electron chi connectivity index (χ4n) is 1.23. The van der Waals surface area contributed by atoms with E-state index >= 15 is 0 Å². The second-order valence-corrected chi connectivity index (χ2v) is 2.87. The minimum atomic E-state index is 0.307. The van der Waals surface area contributed by atoms with Crippen molar-refractivity contribution in [1.29, 1.82) is 0 Å². The average Bonchev–Trinajstić information content (AvgIpc) is 2.66. The first-order valence-corrected chi connectivity index (χ1v) is 4.10. The van der Waals surface area contributed by atoms with Crippen LogP contribution in [0.3, 0.4) is 0 Å². The van der Waals surface area contributed by atoms with Crippen LogP contribution in [0, 0.1) is 6.92 Å². The lowest BCUT2D eigenvalue weighted by atomic mass is 10.1. The smallest absolute Gasteiger partial charge is 0.172 e. The maximum atomic E-state index is 10.6. The third kappa shape index (κ3) is 1.28. The molecule has 0 atom stereocenters. The SMILES string of the molecule is Cc1ccncc1-c1n[nH]nc1C=O. The molecule has 0 saturated carbocycles. The number of aldehydes is 1. The number of hydrogen-bond acceptors (Lipinski definition) is 4. The number of nitrogens with one attached hydrogen (secondary N) is 1. The fraction of sp³-hybridized carbons (Fsp3) is 0.111. The molecule has 0 fully saturated rings. The molecule has 0 saturated heterocycles. The third-order valence-electron chi connectivity index (χ3n) is 1.98. The van der Waals surface area contributed by atoms with Crippen LogP contribution in [0.25, 0.3) is 11.3 Å². The predicted molar refractivity (Wildman–Crippen MR) is 49.7 cm³/mol. The van der Waals surface area contributed by atoms with Crippen molar-refractivity contribution in [3.8, 4) is 11.3 Å². The van der Waals surface area contributed by atoms with Gasteiger partial charge < -0.3 is 0 Å². The van der Waals surface area contributed by atoms with Crippen molar-refractivity contribution in [3.05, 3.63) is 29.7 Å². The fourth-order valence-corrected chi connectivity index (χ4v) is 1.23. The highest BCUT2D eigenvalue weighted by Crippen LogP contribution is 2.20. The standard InChI is InChI=1S/C9H8N4O/c1-6-2-3-10-4-7(6)9-8(5-14)11-13-12-9/h2-5H,1H3,(H,11,12,13). The Labute approximate surface area is 80.2 Å². The Balaban J connectivity index is 2.60. The molecule has 0 aliphatic heterocycles. The van der Waals surface area contributed by atoms with Gasteiger partial charge in [0, 0.05) is 18.0 Å².